The zero-order chi connectivity index (χ0) is 15.7. The van der Waals surface area contributed by atoms with Gasteiger partial charge in [-0.15, -0.1) is 24.0 Å². The van der Waals surface area contributed by atoms with E-state index >= 15 is 0 Å². The average molecular weight is 437 g/mol. The Morgan fingerprint density at radius 2 is 1.91 bits per heavy atom. The zero-order valence-electron chi connectivity index (χ0n) is 13.2. The topological polar surface area (TPSA) is 54.8 Å². The lowest BCUT2D eigenvalue weighted by molar-refractivity contribution is 0.823. The molecule has 0 aliphatic rings. The Morgan fingerprint density at radius 1 is 1.17 bits per heavy atom. The smallest absolute Gasteiger partial charge is 0.156 e. The molecule has 0 unspecified atom stereocenters. The minimum absolute atomic E-state index is 0. The molecule has 2 aromatic carbocycles. The first-order valence-corrected chi connectivity index (χ1v) is 8.02. The average Bonchev–Trinajstić information content (AvgIpc) is 2.81. The van der Waals surface area contributed by atoms with E-state index in [4.69, 9.17) is 11.1 Å². The minimum atomic E-state index is 0. The molecule has 3 nitrogen and oxygen atoms in total. The third-order valence-electron chi connectivity index (χ3n) is 3.82. The second-order valence-corrected chi connectivity index (χ2v) is 6.62. The molecule has 0 radical (unpaired) electrons. The van der Waals surface area contributed by atoms with Crippen LogP contribution in [-0.2, 0) is 6.54 Å². The first-order chi connectivity index (χ1) is 10.5. The Morgan fingerprint density at radius 3 is 2.65 bits per heavy atom. The van der Waals surface area contributed by atoms with Gasteiger partial charge in [0.05, 0.1) is 0 Å². The van der Waals surface area contributed by atoms with Gasteiger partial charge in [-0.05, 0) is 31.0 Å². The fourth-order valence-corrected chi connectivity index (χ4v) is 3.40. The molecule has 0 saturated carbocycles. The Kier molecular flexibility index (Phi) is 5.75. The molecule has 0 fully saturated rings. The van der Waals surface area contributed by atoms with Crippen LogP contribution in [0.25, 0.3) is 10.9 Å². The zero-order valence-corrected chi connectivity index (χ0v) is 16.3. The number of amidine groups is 1. The van der Waals surface area contributed by atoms with Gasteiger partial charge in [-0.3, -0.25) is 5.41 Å². The predicted octanol–water partition coefficient (Wildman–Crippen LogP) is 4.91. The molecule has 3 N–H and O–H groups in total. The Balaban J connectivity index is 0.00000192. The summed E-state index contributed by atoms with van der Waals surface area (Å²) in [7, 11) is 0. The van der Waals surface area contributed by atoms with Crippen molar-refractivity contribution in [2.24, 2.45) is 5.73 Å². The van der Waals surface area contributed by atoms with E-state index in [0.717, 1.165) is 16.8 Å². The lowest BCUT2D eigenvalue weighted by atomic mass is 10.1. The number of fused-ring (bicyclic) bond motifs is 1. The van der Waals surface area contributed by atoms with Gasteiger partial charge in [0.2, 0.25) is 0 Å². The van der Waals surface area contributed by atoms with Crippen molar-refractivity contribution in [1.82, 2.24) is 4.57 Å². The molecular formula is C18H20IN3S. The van der Waals surface area contributed by atoms with Crippen LogP contribution in [0.4, 0.5) is 0 Å². The molecule has 1 aromatic heterocycles. The van der Waals surface area contributed by atoms with Crippen molar-refractivity contribution >= 4 is 51.8 Å². The summed E-state index contributed by atoms with van der Waals surface area (Å²) in [5.74, 6) is 0. The number of halogens is 1. The van der Waals surface area contributed by atoms with Gasteiger partial charge >= 0.3 is 0 Å². The molecule has 0 aliphatic heterocycles. The molecule has 0 amide bonds. The fourth-order valence-electron chi connectivity index (χ4n) is 2.70. The lowest BCUT2D eigenvalue weighted by Crippen LogP contribution is -2.03. The Labute approximate surface area is 157 Å². The highest BCUT2D eigenvalue weighted by molar-refractivity contribution is 14.0. The third-order valence-corrected chi connectivity index (χ3v) is 4.58. The summed E-state index contributed by atoms with van der Waals surface area (Å²) in [4.78, 5) is 1.04. The van der Waals surface area contributed by atoms with E-state index in [1.165, 1.54) is 34.0 Å². The molecule has 120 valence electrons. The van der Waals surface area contributed by atoms with Gasteiger partial charge in [-0.25, -0.2) is 0 Å². The number of hydrogen-bond donors (Lipinski definition) is 2. The number of hydrogen-bond acceptors (Lipinski definition) is 2. The molecular weight excluding hydrogens is 417 g/mol. The van der Waals surface area contributed by atoms with E-state index in [9.17, 15) is 0 Å². The maximum Gasteiger partial charge on any atom is 0.156 e. The van der Waals surface area contributed by atoms with E-state index in [-0.39, 0.29) is 29.1 Å². The van der Waals surface area contributed by atoms with E-state index in [2.05, 4.69) is 54.9 Å². The number of para-hydroxylation sites is 1. The number of nitrogens with zero attached hydrogens (tertiary/aromatic N) is 1. The van der Waals surface area contributed by atoms with Gasteiger partial charge in [-0.1, -0.05) is 53.7 Å². The number of aryl methyl sites for hydroxylation is 2. The second-order valence-electron chi connectivity index (χ2n) is 5.53. The van der Waals surface area contributed by atoms with Gasteiger partial charge in [0.1, 0.15) is 0 Å². The Bertz CT molecular complexity index is 855. The molecule has 0 spiro atoms. The maximum absolute atomic E-state index is 7.53. The highest BCUT2D eigenvalue weighted by atomic mass is 127. The first kappa shape index (κ1) is 17.9. The second kappa shape index (κ2) is 7.40. The van der Waals surface area contributed by atoms with Crippen LogP contribution in [0, 0.1) is 19.3 Å². The largest absolute Gasteiger partial charge is 0.378 e. The van der Waals surface area contributed by atoms with Crippen LogP contribution >= 0.6 is 35.7 Å². The summed E-state index contributed by atoms with van der Waals surface area (Å²) in [5, 5.41) is 8.80. The van der Waals surface area contributed by atoms with Gasteiger partial charge < -0.3 is 10.3 Å². The van der Waals surface area contributed by atoms with Crippen LogP contribution in [0.2, 0.25) is 0 Å². The molecule has 3 aromatic rings. The van der Waals surface area contributed by atoms with Crippen molar-refractivity contribution < 1.29 is 0 Å². The molecule has 3 rings (SSSR count). The van der Waals surface area contributed by atoms with Crippen molar-refractivity contribution in [1.29, 1.82) is 5.41 Å². The van der Waals surface area contributed by atoms with Gasteiger partial charge in [0, 0.05) is 28.5 Å². The van der Waals surface area contributed by atoms with Gasteiger partial charge in [0.25, 0.3) is 0 Å². The number of thioether (sulfide) groups is 1. The van der Waals surface area contributed by atoms with Crippen LogP contribution in [0.1, 0.15) is 16.7 Å². The van der Waals surface area contributed by atoms with Crippen molar-refractivity contribution in [3.8, 4) is 0 Å². The number of aromatic nitrogens is 1. The van der Waals surface area contributed by atoms with Crippen LogP contribution in [-0.4, -0.2) is 9.73 Å². The van der Waals surface area contributed by atoms with Crippen LogP contribution in [0.5, 0.6) is 0 Å². The highest BCUT2D eigenvalue weighted by Crippen LogP contribution is 2.30. The monoisotopic (exact) mass is 437 g/mol. The highest BCUT2D eigenvalue weighted by Gasteiger charge is 2.11. The molecule has 5 heteroatoms. The van der Waals surface area contributed by atoms with Crippen molar-refractivity contribution in [2.45, 2.75) is 25.3 Å². The summed E-state index contributed by atoms with van der Waals surface area (Å²) in [5.41, 5.74) is 10.6. The normalized spacial score (nSPS) is 10.5. The summed E-state index contributed by atoms with van der Waals surface area (Å²) in [6.45, 7) is 5.09. The van der Waals surface area contributed by atoms with E-state index in [0.29, 0.717) is 0 Å². The third kappa shape index (κ3) is 3.90. The van der Waals surface area contributed by atoms with Crippen molar-refractivity contribution in [3.63, 3.8) is 0 Å². The molecule has 0 bridgehead atoms. The van der Waals surface area contributed by atoms with E-state index in [1.54, 1.807) is 0 Å². The summed E-state index contributed by atoms with van der Waals surface area (Å²) >= 11 is 1.31. The molecule has 0 aliphatic carbocycles. The number of nitrogens with two attached hydrogens (primary N) is 1. The number of benzene rings is 2. The molecule has 1 heterocycles. The quantitative estimate of drug-likeness (QED) is 0.265. The number of nitrogens with one attached hydrogen (secondary N) is 1. The van der Waals surface area contributed by atoms with E-state index in [1.807, 2.05) is 12.1 Å². The van der Waals surface area contributed by atoms with Crippen LogP contribution in [0.15, 0.2) is 53.6 Å². The molecule has 0 atom stereocenters. The predicted molar refractivity (Wildman–Crippen MR) is 110 cm³/mol. The summed E-state index contributed by atoms with van der Waals surface area (Å²) < 4.78 is 2.24. The fraction of sp³-hybridized carbons (Fsp3) is 0.167. The van der Waals surface area contributed by atoms with Gasteiger partial charge in [0.15, 0.2) is 5.17 Å². The molecule has 0 saturated heterocycles. The van der Waals surface area contributed by atoms with Crippen LogP contribution < -0.4 is 5.73 Å². The van der Waals surface area contributed by atoms with Crippen molar-refractivity contribution in [2.75, 3.05) is 0 Å². The first-order valence-electron chi connectivity index (χ1n) is 7.20. The molecule has 23 heavy (non-hydrogen) atoms. The number of rotatable bonds is 3. The summed E-state index contributed by atoms with van der Waals surface area (Å²) in [6.07, 6.45) is 2.10. The maximum atomic E-state index is 7.53. The van der Waals surface area contributed by atoms with Gasteiger partial charge in [-0.2, -0.15) is 0 Å². The Hall–Kier alpha value is -1.47. The summed E-state index contributed by atoms with van der Waals surface area (Å²) in [6, 6.07) is 14.8. The standard InChI is InChI=1S/C18H19N3S.HI/c1-12-7-8-13(2)14(9-12)10-21-11-17(22-18(19)20)15-5-3-4-6-16(15)21;/h3-9,11H,10H2,1-2H3,(H3,19,20);1H. The lowest BCUT2D eigenvalue weighted by Gasteiger charge is -2.09. The van der Waals surface area contributed by atoms with Crippen molar-refractivity contribution in [3.05, 3.63) is 65.4 Å². The van der Waals surface area contributed by atoms with Crippen LogP contribution in [0.3, 0.4) is 0 Å². The van der Waals surface area contributed by atoms with E-state index < -0.39 is 0 Å². The SMILES string of the molecule is Cc1ccc(C)c(Cn2cc(SC(=N)N)c3ccccc32)c1.I. The minimum Gasteiger partial charge on any atom is -0.378 e.